The molecule has 4 nitrogen and oxygen atoms in total. The Labute approximate surface area is 124 Å². The first-order chi connectivity index (χ1) is 9.36. The molecule has 20 heavy (non-hydrogen) atoms. The van der Waals surface area contributed by atoms with Gasteiger partial charge in [0.25, 0.3) is 10.0 Å². The van der Waals surface area contributed by atoms with Gasteiger partial charge in [0.1, 0.15) is 5.76 Å². The third-order valence-electron chi connectivity index (χ3n) is 3.08. The Morgan fingerprint density at radius 3 is 2.45 bits per heavy atom. The molecule has 2 rings (SSSR count). The van der Waals surface area contributed by atoms with Gasteiger partial charge >= 0.3 is 0 Å². The maximum Gasteiger partial charge on any atom is 0.297 e. The number of halogens is 1. The fourth-order valence-corrected chi connectivity index (χ4v) is 3.32. The van der Waals surface area contributed by atoms with Crippen molar-refractivity contribution in [2.75, 3.05) is 11.4 Å². The second kappa shape index (κ2) is 5.50. The molecule has 0 unspecified atom stereocenters. The van der Waals surface area contributed by atoms with Gasteiger partial charge in [0.05, 0.1) is 11.6 Å². The van der Waals surface area contributed by atoms with Crippen molar-refractivity contribution in [2.45, 2.75) is 24.8 Å². The summed E-state index contributed by atoms with van der Waals surface area (Å²) in [5.41, 5.74) is 2.60. The zero-order valence-corrected chi connectivity index (χ0v) is 13.1. The van der Waals surface area contributed by atoms with Gasteiger partial charge in [-0.05, 0) is 37.6 Å². The van der Waals surface area contributed by atoms with Gasteiger partial charge in [-0.15, -0.1) is 11.6 Å². The van der Waals surface area contributed by atoms with Crippen LogP contribution >= 0.6 is 11.6 Å². The molecule has 2 aromatic rings. The van der Waals surface area contributed by atoms with Crippen molar-refractivity contribution >= 4 is 27.3 Å². The molecule has 0 aliphatic heterocycles. The predicted molar refractivity (Wildman–Crippen MR) is 79.8 cm³/mol. The highest BCUT2D eigenvalue weighted by molar-refractivity contribution is 7.92. The molecule has 0 N–H and O–H groups in total. The van der Waals surface area contributed by atoms with Gasteiger partial charge in [-0.3, -0.25) is 4.31 Å². The first-order valence-electron chi connectivity index (χ1n) is 6.07. The van der Waals surface area contributed by atoms with Gasteiger partial charge in [0.2, 0.25) is 5.09 Å². The summed E-state index contributed by atoms with van der Waals surface area (Å²) in [6.07, 6.45) is 0. The number of anilines is 1. The summed E-state index contributed by atoms with van der Waals surface area (Å²) >= 11 is 5.63. The van der Waals surface area contributed by atoms with Crippen LogP contribution in [-0.2, 0) is 15.9 Å². The van der Waals surface area contributed by atoms with Crippen molar-refractivity contribution in [3.8, 4) is 0 Å². The highest BCUT2D eigenvalue weighted by atomic mass is 35.5. The van der Waals surface area contributed by atoms with E-state index in [0.29, 0.717) is 11.4 Å². The standard InChI is InChI=1S/C14H16ClNO3S/c1-10-4-6-13(11(2)8-10)16(3)20(17,18)14-7-5-12(9-15)19-14/h4-8H,9H2,1-3H3. The molecule has 0 saturated heterocycles. The van der Waals surface area contributed by atoms with Crippen molar-refractivity contribution < 1.29 is 12.8 Å². The van der Waals surface area contributed by atoms with Crippen LogP contribution in [0.25, 0.3) is 0 Å². The quantitative estimate of drug-likeness (QED) is 0.812. The van der Waals surface area contributed by atoms with E-state index < -0.39 is 10.0 Å². The summed E-state index contributed by atoms with van der Waals surface area (Å²) in [6, 6.07) is 8.59. The average molecular weight is 314 g/mol. The molecule has 1 aromatic heterocycles. The minimum atomic E-state index is -3.71. The molecule has 0 aliphatic carbocycles. The number of alkyl halides is 1. The molecule has 1 heterocycles. The third kappa shape index (κ3) is 2.69. The van der Waals surface area contributed by atoms with Gasteiger partial charge in [-0.1, -0.05) is 17.7 Å². The van der Waals surface area contributed by atoms with E-state index in [2.05, 4.69) is 0 Å². The van der Waals surface area contributed by atoms with Crippen LogP contribution < -0.4 is 4.31 Å². The number of benzene rings is 1. The first-order valence-corrected chi connectivity index (χ1v) is 8.04. The van der Waals surface area contributed by atoms with E-state index >= 15 is 0 Å². The second-order valence-corrected chi connectivity index (χ2v) is 6.78. The van der Waals surface area contributed by atoms with Crippen LogP contribution in [0.4, 0.5) is 5.69 Å². The largest absolute Gasteiger partial charge is 0.447 e. The van der Waals surface area contributed by atoms with E-state index in [-0.39, 0.29) is 11.0 Å². The van der Waals surface area contributed by atoms with Crippen molar-refractivity contribution in [3.63, 3.8) is 0 Å². The van der Waals surface area contributed by atoms with E-state index in [9.17, 15) is 8.42 Å². The van der Waals surface area contributed by atoms with E-state index in [4.69, 9.17) is 16.0 Å². The lowest BCUT2D eigenvalue weighted by Crippen LogP contribution is -2.26. The Bertz CT molecular complexity index is 722. The molecular weight excluding hydrogens is 298 g/mol. The van der Waals surface area contributed by atoms with E-state index in [1.807, 2.05) is 26.0 Å². The molecule has 0 amide bonds. The number of nitrogens with zero attached hydrogens (tertiary/aromatic N) is 1. The van der Waals surface area contributed by atoms with E-state index in [0.717, 1.165) is 11.1 Å². The molecule has 0 bridgehead atoms. The van der Waals surface area contributed by atoms with E-state index in [1.165, 1.54) is 17.4 Å². The van der Waals surface area contributed by atoms with Crippen LogP contribution in [0.15, 0.2) is 39.8 Å². The smallest absolute Gasteiger partial charge is 0.297 e. The highest BCUT2D eigenvalue weighted by Crippen LogP contribution is 2.27. The Morgan fingerprint density at radius 2 is 1.90 bits per heavy atom. The number of hydrogen-bond donors (Lipinski definition) is 0. The van der Waals surface area contributed by atoms with Crippen LogP contribution in [0.5, 0.6) is 0 Å². The van der Waals surface area contributed by atoms with Crippen molar-refractivity contribution in [1.29, 1.82) is 0 Å². The lowest BCUT2D eigenvalue weighted by molar-refractivity contribution is 0.425. The summed E-state index contributed by atoms with van der Waals surface area (Å²) < 4.78 is 31.4. The van der Waals surface area contributed by atoms with Gasteiger partial charge in [0, 0.05) is 7.05 Å². The molecular formula is C14H16ClNO3S. The third-order valence-corrected chi connectivity index (χ3v) is 4.98. The number of aryl methyl sites for hydroxylation is 2. The molecule has 0 fully saturated rings. The minimum absolute atomic E-state index is 0.101. The van der Waals surface area contributed by atoms with Crippen LogP contribution in [0.3, 0.4) is 0 Å². The topological polar surface area (TPSA) is 50.5 Å². The second-order valence-electron chi connectivity index (χ2n) is 4.62. The molecule has 0 radical (unpaired) electrons. The van der Waals surface area contributed by atoms with Crippen LogP contribution in [0.1, 0.15) is 16.9 Å². The SMILES string of the molecule is Cc1ccc(N(C)S(=O)(=O)c2ccc(CCl)o2)c(C)c1. The van der Waals surface area contributed by atoms with E-state index in [1.54, 1.807) is 12.1 Å². The highest BCUT2D eigenvalue weighted by Gasteiger charge is 2.25. The molecule has 1 aromatic carbocycles. The van der Waals surface area contributed by atoms with Crippen molar-refractivity contribution in [3.05, 3.63) is 47.2 Å². The zero-order chi connectivity index (χ0) is 14.9. The van der Waals surface area contributed by atoms with Crippen molar-refractivity contribution in [2.24, 2.45) is 0 Å². The van der Waals surface area contributed by atoms with Crippen LogP contribution in [-0.4, -0.2) is 15.5 Å². The Kier molecular flexibility index (Phi) is 4.11. The van der Waals surface area contributed by atoms with Gasteiger partial charge in [-0.2, -0.15) is 8.42 Å². The molecule has 0 atom stereocenters. The minimum Gasteiger partial charge on any atom is -0.447 e. The zero-order valence-electron chi connectivity index (χ0n) is 11.6. The average Bonchev–Trinajstić information content (AvgIpc) is 2.87. The molecule has 6 heteroatoms. The summed E-state index contributed by atoms with van der Waals surface area (Å²) in [5, 5.41) is -0.101. The number of rotatable bonds is 4. The van der Waals surface area contributed by atoms with Gasteiger partial charge < -0.3 is 4.42 Å². The Hall–Kier alpha value is -1.46. The fraction of sp³-hybridized carbons (Fsp3) is 0.286. The summed E-state index contributed by atoms with van der Waals surface area (Å²) in [4.78, 5) is 0. The Morgan fingerprint density at radius 1 is 1.20 bits per heavy atom. The summed E-state index contributed by atoms with van der Waals surface area (Å²) in [5.74, 6) is 0.572. The molecule has 0 aliphatic rings. The maximum absolute atomic E-state index is 12.5. The summed E-state index contributed by atoms with van der Waals surface area (Å²) in [7, 11) is -2.20. The number of hydrogen-bond acceptors (Lipinski definition) is 3. The molecule has 108 valence electrons. The Balaban J connectivity index is 2.43. The molecule has 0 saturated carbocycles. The number of furan rings is 1. The summed E-state index contributed by atoms with van der Waals surface area (Å²) in [6.45, 7) is 3.84. The van der Waals surface area contributed by atoms with Crippen LogP contribution in [0.2, 0.25) is 0 Å². The van der Waals surface area contributed by atoms with Crippen LogP contribution in [0, 0.1) is 13.8 Å². The lowest BCUT2D eigenvalue weighted by Gasteiger charge is -2.20. The lowest BCUT2D eigenvalue weighted by atomic mass is 10.1. The molecule has 0 spiro atoms. The predicted octanol–water partition coefficient (Wildman–Crippen LogP) is 3.46. The monoisotopic (exact) mass is 313 g/mol. The van der Waals surface area contributed by atoms with Gasteiger partial charge in [-0.25, -0.2) is 0 Å². The van der Waals surface area contributed by atoms with Crippen molar-refractivity contribution in [1.82, 2.24) is 0 Å². The first kappa shape index (κ1) is 14.9. The maximum atomic E-state index is 12.5. The number of sulfonamides is 1. The van der Waals surface area contributed by atoms with Gasteiger partial charge in [0.15, 0.2) is 0 Å². The normalized spacial score (nSPS) is 11.6. The fourth-order valence-electron chi connectivity index (χ4n) is 1.99.